The molecule has 0 aromatic rings. The van der Waals surface area contributed by atoms with E-state index in [0.29, 0.717) is 18.2 Å². The van der Waals surface area contributed by atoms with Gasteiger partial charge in [-0.05, 0) is 81.7 Å². The first-order valence-electron chi connectivity index (χ1n) is 17.4. The number of likely N-dealkylation sites (tertiary alicyclic amines) is 3. The van der Waals surface area contributed by atoms with Crippen LogP contribution >= 0.6 is 0 Å². The molecule has 4 fully saturated rings. The fourth-order valence-corrected chi connectivity index (χ4v) is 8.09. The van der Waals surface area contributed by atoms with Crippen LogP contribution in [0.25, 0.3) is 0 Å². The highest BCUT2D eigenvalue weighted by molar-refractivity contribution is 5.76. The van der Waals surface area contributed by atoms with Crippen molar-refractivity contribution in [1.29, 1.82) is 0 Å². The molecule has 0 bridgehead atoms. The molecule has 224 valence electrons. The van der Waals surface area contributed by atoms with Crippen molar-refractivity contribution in [2.24, 2.45) is 23.7 Å². The lowest BCUT2D eigenvalue weighted by Crippen LogP contribution is -2.41. The van der Waals surface area contributed by atoms with Gasteiger partial charge in [-0.25, -0.2) is 0 Å². The van der Waals surface area contributed by atoms with Crippen molar-refractivity contribution in [2.45, 2.75) is 135 Å². The summed E-state index contributed by atoms with van der Waals surface area (Å²) in [5.74, 6) is 4.33. The van der Waals surface area contributed by atoms with Gasteiger partial charge in [0, 0.05) is 45.6 Å². The van der Waals surface area contributed by atoms with Crippen molar-refractivity contribution < 1.29 is 9.59 Å². The van der Waals surface area contributed by atoms with Gasteiger partial charge in [-0.1, -0.05) is 77.6 Å². The van der Waals surface area contributed by atoms with E-state index in [4.69, 9.17) is 0 Å². The molecule has 5 heteroatoms. The van der Waals surface area contributed by atoms with Gasteiger partial charge >= 0.3 is 0 Å². The Hall–Kier alpha value is -1.10. The number of hydrogen-bond donors (Lipinski definition) is 0. The zero-order valence-corrected chi connectivity index (χ0v) is 25.6. The van der Waals surface area contributed by atoms with Gasteiger partial charge in [0.1, 0.15) is 0 Å². The first-order valence-corrected chi connectivity index (χ1v) is 17.4. The molecule has 3 aliphatic heterocycles. The van der Waals surface area contributed by atoms with Gasteiger partial charge in [0.25, 0.3) is 0 Å². The van der Waals surface area contributed by atoms with Gasteiger partial charge in [-0.3, -0.25) is 9.59 Å². The third-order valence-electron chi connectivity index (χ3n) is 10.9. The van der Waals surface area contributed by atoms with E-state index in [0.717, 1.165) is 69.2 Å². The highest BCUT2D eigenvalue weighted by Gasteiger charge is 2.26. The molecule has 4 aliphatic rings. The zero-order valence-electron chi connectivity index (χ0n) is 25.6. The molecular weight excluding hydrogens is 482 g/mol. The third kappa shape index (κ3) is 10.7. The summed E-state index contributed by atoms with van der Waals surface area (Å²) >= 11 is 0. The second-order valence-electron chi connectivity index (χ2n) is 13.8. The topological polar surface area (TPSA) is 43.9 Å². The Kier molecular flexibility index (Phi) is 13.4. The second kappa shape index (κ2) is 17.0. The maximum absolute atomic E-state index is 12.9. The van der Waals surface area contributed by atoms with Crippen molar-refractivity contribution >= 4 is 11.8 Å². The summed E-state index contributed by atoms with van der Waals surface area (Å²) < 4.78 is 0. The Bertz CT molecular complexity index is 697. The lowest BCUT2D eigenvalue weighted by atomic mass is 9.83. The molecule has 0 unspecified atom stereocenters. The van der Waals surface area contributed by atoms with Crippen LogP contribution in [-0.4, -0.2) is 72.3 Å². The zero-order chi connectivity index (χ0) is 27.3. The minimum atomic E-state index is 0.358. The Labute approximate surface area is 240 Å². The summed E-state index contributed by atoms with van der Waals surface area (Å²) in [6.45, 7) is 9.37. The van der Waals surface area contributed by atoms with E-state index in [1.165, 1.54) is 122 Å². The Morgan fingerprint density at radius 1 is 0.538 bits per heavy atom. The summed E-state index contributed by atoms with van der Waals surface area (Å²) in [5.41, 5.74) is 0. The number of carbonyl (C=O) groups is 2. The van der Waals surface area contributed by atoms with Crippen molar-refractivity contribution in [3.8, 4) is 0 Å². The smallest absolute Gasteiger partial charge is 0.223 e. The molecule has 4 rings (SSSR count). The van der Waals surface area contributed by atoms with Crippen molar-refractivity contribution in [2.75, 3.05) is 45.8 Å². The van der Waals surface area contributed by atoms with Crippen LogP contribution in [0.15, 0.2) is 0 Å². The first-order chi connectivity index (χ1) is 19.1. The number of carbonyl (C=O) groups excluding carboxylic acids is 2. The van der Waals surface area contributed by atoms with E-state index < -0.39 is 0 Å². The molecule has 39 heavy (non-hydrogen) atoms. The molecule has 5 nitrogen and oxygen atoms in total. The summed E-state index contributed by atoms with van der Waals surface area (Å²) in [7, 11) is 0. The van der Waals surface area contributed by atoms with Gasteiger partial charge in [-0.2, -0.15) is 0 Å². The highest BCUT2D eigenvalue weighted by Crippen LogP contribution is 2.31. The van der Waals surface area contributed by atoms with Crippen molar-refractivity contribution in [3.05, 3.63) is 0 Å². The number of piperidine rings is 3. The van der Waals surface area contributed by atoms with Crippen LogP contribution in [0, 0.1) is 23.7 Å². The average molecular weight is 544 g/mol. The molecule has 0 atom stereocenters. The second-order valence-corrected chi connectivity index (χ2v) is 13.8. The number of hydrogen-bond acceptors (Lipinski definition) is 3. The molecule has 0 aromatic carbocycles. The minimum Gasteiger partial charge on any atom is -0.343 e. The van der Waals surface area contributed by atoms with E-state index in [-0.39, 0.29) is 0 Å². The third-order valence-corrected chi connectivity index (χ3v) is 10.9. The first kappa shape index (κ1) is 30.8. The lowest BCUT2D eigenvalue weighted by molar-refractivity contribution is -0.133. The number of rotatable bonds is 13. The molecule has 0 aromatic heterocycles. The molecule has 1 aliphatic carbocycles. The van der Waals surface area contributed by atoms with Gasteiger partial charge in [0.05, 0.1) is 0 Å². The summed E-state index contributed by atoms with van der Waals surface area (Å²) in [6.07, 6.45) is 25.6. The number of nitrogens with zero attached hydrogens (tertiary/aromatic N) is 3. The van der Waals surface area contributed by atoms with E-state index in [9.17, 15) is 9.59 Å². The molecule has 3 heterocycles. The SMILES string of the molecule is CCCC(=O)N1CCC(CCCC2CCN(C(=O)CCN3CCC(CCCC4CCCCC4)CC3)CC2)CC1. The van der Waals surface area contributed by atoms with Gasteiger partial charge in [-0.15, -0.1) is 0 Å². The van der Waals surface area contributed by atoms with Crippen LogP contribution < -0.4 is 0 Å². The van der Waals surface area contributed by atoms with Crippen LogP contribution in [0.2, 0.25) is 0 Å². The largest absolute Gasteiger partial charge is 0.343 e. The van der Waals surface area contributed by atoms with Crippen LogP contribution in [0.4, 0.5) is 0 Å². The van der Waals surface area contributed by atoms with Gasteiger partial charge < -0.3 is 14.7 Å². The van der Waals surface area contributed by atoms with Gasteiger partial charge in [0.15, 0.2) is 0 Å². The molecule has 0 N–H and O–H groups in total. The molecule has 3 saturated heterocycles. The Balaban J connectivity index is 0.993. The van der Waals surface area contributed by atoms with E-state index in [1.807, 2.05) is 0 Å². The maximum Gasteiger partial charge on any atom is 0.223 e. The van der Waals surface area contributed by atoms with E-state index in [1.54, 1.807) is 0 Å². The van der Waals surface area contributed by atoms with Crippen LogP contribution in [-0.2, 0) is 9.59 Å². The maximum atomic E-state index is 12.9. The van der Waals surface area contributed by atoms with Gasteiger partial charge in [0.2, 0.25) is 11.8 Å². The molecule has 1 saturated carbocycles. The fraction of sp³-hybridized carbons (Fsp3) is 0.941. The summed E-state index contributed by atoms with van der Waals surface area (Å²) in [6, 6.07) is 0. The molecular formula is C34H61N3O2. The molecule has 0 radical (unpaired) electrons. The van der Waals surface area contributed by atoms with Crippen LogP contribution in [0.3, 0.4) is 0 Å². The highest BCUT2D eigenvalue weighted by atomic mass is 16.2. The monoisotopic (exact) mass is 543 g/mol. The van der Waals surface area contributed by atoms with E-state index >= 15 is 0 Å². The predicted octanol–water partition coefficient (Wildman–Crippen LogP) is 7.29. The Morgan fingerprint density at radius 2 is 0.949 bits per heavy atom. The molecule has 2 amide bonds. The lowest BCUT2D eigenvalue weighted by Gasteiger charge is -2.35. The average Bonchev–Trinajstić information content (AvgIpc) is 2.98. The molecule has 0 spiro atoms. The van der Waals surface area contributed by atoms with Crippen LogP contribution in [0.5, 0.6) is 0 Å². The standard InChI is InChI=1S/C34H61N3O2/c1-2-8-33(38)36-25-17-31(18-26-36)13-7-14-32-19-27-37(28-20-32)34(39)21-24-35-22-15-30(16-23-35)12-6-11-29-9-4-3-5-10-29/h29-32H,2-28H2,1H3. The minimum absolute atomic E-state index is 0.358. The van der Waals surface area contributed by atoms with Crippen molar-refractivity contribution in [3.63, 3.8) is 0 Å². The number of amides is 2. The van der Waals surface area contributed by atoms with Crippen LogP contribution in [0.1, 0.15) is 135 Å². The van der Waals surface area contributed by atoms with E-state index in [2.05, 4.69) is 21.6 Å². The summed E-state index contributed by atoms with van der Waals surface area (Å²) in [4.78, 5) is 31.8. The van der Waals surface area contributed by atoms with Crippen molar-refractivity contribution in [1.82, 2.24) is 14.7 Å². The quantitative estimate of drug-likeness (QED) is 0.245. The fourth-order valence-electron chi connectivity index (χ4n) is 8.09. The predicted molar refractivity (Wildman–Crippen MR) is 162 cm³/mol. The summed E-state index contributed by atoms with van der Waals surface area (Å²) in [5, 5.41) is 0. The Morgan fingerprint density at radius 3 is 1.41 bits per heavy atom. The normalized spacial score (nSPS) is 23.4.